The van der Waals surface area contributed by atoms with E-state index >= 15 is 0 Å². The molecule has 0 saturated heterocycles. The number of carbonyl (C=O) groups excluding carboxylic acids is 2. The number of nitrogens with two attached hydrogens (primary N) is 1. The third-order valence-corrected chi connectivity index (χ3v) is 2.06. The SMILES string of the molecule is Cc1cc(F)cc(NC(C)C(=O)NC(N)=O)c1. The van der Waals surface area contributed by atoms with Gasteiger partial charge in [-0.25, -0.2) is 9.18 Å². The zero-order valence-electron chi connectivity index (χ0n) is 9.58. The van der Waals surface area contributed by atoms with Gasteiger partial charge in [0.2, 0.25) is 5.91 Å². The molecule has 0 bridgehead atoms. The number of rotatable bonds is 3. The first-order chi connectivity index (χ1) is 7.88. The van der Waals surface area contributed by atoms with Crippen molar-refractivity contribution >= 4 is 17.6 Å². The van der Waals surface area contributed by atoms with Crippen molar-refractivity contribution in [2.45, 2.75) is 19.9 Å². The fourth-order valence-corrected chi connectivity index (χ4v) is 1.36. The lowest BCUT2D eigenvalue weighted by atomic mass is 10.2. The molecule has 6 heteroatoms. The van der Waals surface area contributed by atoms with Crippen LogP contribution in [0.4, 0.5) is 14.9 Å². The second-order valence-corrected chi connectivity index (χ2v) is 3.74. The first-order valence-electron chi connectivity index (χ1n) is 5.02. The minimum absolute atomic E-state index is 0.394. The van der Waals surface area contributed by atoms with Crippen LogP contribution < -0.4 is 16.4 Å². The summed E-state index contributed by atoms with van der Waals surface area (Å²) in [4.78, 5) is 21.8. The van der Waals surface area contributed by atoms with Gasteiger partial charge in [0.15, 0.2) is 0 Å². The molecule has 17 heavy (non-hydrogen) atoms. The average molecular weight is 239 g/mol. The highest BCUT2D eigenvalue weighted by atomic mass is 19.1. The summed E-state index contributed by atoms with van der Waals surface area (Å²) in [6.45, 7) is 3.28. The number of hydrogen-bond donors (Lipinski definition) is 3. The number of nitrogens with one attached hydrogen (secondary N) is 2. The lowest BCUT2D eigenvalue weighted by Gasteiger charge is -2.14. The molecule has 0 radical (unpaired) electrons. The first kappa shape index (κ1) is 13.0. The Bertz CT molecular complexity index is 428. The van der Waals surface area contributed by atoms with Crippen molar-refractivity contribution in [3.8, 4) is 0 Å². The zero-order chi connectivity index (χ0) is 13.0. The Hall–Kier alpha value is -2.11. The molecule has 0 saturated carbocycles. The van der Waals surface area contributed by atoms with Crippen LogP contribution in [0.2, 0.25) is 0 Å². The average Bonchev–Trinajstić information content (AvgIpc) is 2.14. The molecule has 0 heterocycles. The van der Waals surface area contributed by atoms with E-state index in [1.165, 1.54) is 12.1 Å². The van der Waals surface area contributed by atoms with Crippen molar-refractivity contribution in [3.05, 3.63) is 29.6 Å². The molecule has 1 rings (SSSR count). The summed E-state index contributed by atoms with van der Waals surface area (Å²) in [5.74, 6) is -0.963. The van der Waals surface area contributed by atoms with E-state index in [1.54, 1.807) is 19.9 Å². The van der Waals surface area contributed by atoms with Crippen LogP contribution >= 0.6 is 0 Å². The van der Waals surface area contributed by atoms with E-state index in [0.29, 0.717) is 5.69 Å². The van der Waals surface area contributed by atoms with E-state index in [0.717, 1.165) is 5.56 Å². The van der Waals surface area contributed by atoms with E-state index in [2.05, 4.69) is 5.32 Å². The fourth-order valence-electron chi connectivity index (χ4n) is 1.36. The van der Waals surface area contributed by atoms with Crippen molar-refractivity contribution < 1.29 is 14.0 Å². The number of halogens is 1. The third kappa shape index (κ3) is 4.10. The second-order valence-electron chi connectivity index (χ2n) is 3.74. The molecular formula is C11H14FN3O2. The number of aryl methyl sites for hydroxylation is 1. The van der Waals surface area contributed by atoms with Gasteiger partial charge in [-0.15, -0.1) is 0 Å². The van der Waals surface area contributed by atoms with Crippen LogP contribution in [0.3, 0.4) is 0 Å². The van der Waals surface area contributed by atoms with Gasteiger partial charge >= 0.3 is 6.03 Å². The van der Waals surface area contributed by atoms with Crippen LogP contribution in [-0.2, 0) is 4.79 Å². The van der Waals surface area contributed by atoms with Crippen molar-refractivity contribution in [1.29, 1.82) is 0 Å². The number of benzene rings is 1. The maximum absolute atomic E-state index is 13.1. The largest absolute Gasteiger partial charge is 0.374 e. The van der Waals surface area contributed by atoms with Crippen molar-refractivity contribution in [2.75, 3.05) is 5.32 Å². The summed E-state index contributed by atoms with van der Waals surface area (Å²) in [5.41, 5.74) is 6.01. The minimum Gasteiger partial charge on any atom is -0.374 e. The predicted octanol–water partition coefficient (Wildman–Crippen LogP) is 1.13. The highest BCUT2D eigenvalue weighted by molar-refractivity contribution is 5.97. The Labute approximate surface area is 98.2 Å². The number of imide groups is 1. The Kier molecular flexibility index (Phi) is 4.03. The number of carbonyl (C=O) groups is 2. The molecule has 1 unspecified atom stereocenters. The molecule has 0 aliphatic heterocycles. The molecule has 4 N–H and O–H groups in total. The van der Waals surface area contributed by atoms with E-state index in [9.17, 15) is 14.0 Å². The van der Waals surface area contributed by atoms with Gasteiger partial charge in [-0.2, -0.15) is 0 Å². The fraction of sp³-hybridized carbons (Fsp3) is 0.273. The van der Waals surface area contributed by atoms with Crippen LogP contribution in [0, 0.1) is 12.7 Å². The smallest absolute Gasteiger partial charge is 0.318 e. The van der Waals surface area contributed by atoms with Gasteiger partial charge in [-0.1, -0.05) is 0 Å². The van der Waals surface area contributed by atoms with Crippen molar-refractivity contribution in [1.82, 2.24) is 5.32 Å². The lowest BCUT2D eigenvalue weighted by Crippen LogP contribution is -2.43. The number of urea groups is 1. The molecular weight excluding hydrogens is 225 g/mol. The number of hydrogen-bond acceptors (Lipinski definition) is 3. The van der Waals surface area contributed by atoms with Gasteiger partial charge in [0.1, 0.15) is 11.9 Å². The van der Waals surface area contributed by atoms with Crippen molar-refractivity contribution in [3.63, 3.8) is 0 Å². The van der Waals surface area contributed by atoms with Gasteiger partial charge in [0, 0.05) is 5.69 Å². The summed E-state index contributed by atoms with van der Waals surface area (Å²) in [6.07, 6.45) is 0. The monoisotopic (exact) mass is 239 g/mol. The highest BCUT2D eigenvalue weighted by Crippen LogP contribution is 2.14. The molecule has 0 spiro atoms. The highest BCUT2D eigenvalue weighted by Gasteiger charge is 2.14. The molecule has 92 valence electrons. The van der Waals surface area contributed by atoms with E-state index in [1.807, 2.05) is 5.32 Å². The standard InChI is InChI=1S/C11H14FN3O2/c1-6-3-8(12)5-9(4-6)14-7(2)10(16)15-11(13)17/h3-5,7,14H,1-2H3,(H3,13,15,16,17). The Morgan fingerprint density at radius 2 is 2.00 bits per heavy atom. The molecule has 0 aromatic heterocycles. The number of amides is 3. The summed E-state index contributed by atoms with van der Waals surface area (Å²) >= 11 is 0. The summed E-state index contributed by atoms with van der Waals surface area (Å²) in [6, 6.07) is 2.72. The molecule has 5 nitrogen and oxygen atoms in total. The number of anilines is 1. The minimum atomic E-state index is -0.918. The molecule has 3 amide bonds. The van der Waals surface area contributed by atoms with Gasteiger partial charge in [-0.3, -0.25) is 10.1 Å². The summed E-state index contributed by atoms with van der Waals surface area (Å²) < 4.78 is 13.1. The first-order valence-corrected chi connectivity index (χ1v) is 5.02. The van der Waals surface area contributed by atoms with Gasteiger partial charge in [-0.05, 0) is 37.6 Å². The Morgan fingerprint density at radius 1 is 1.35 bits per heavy atom. The molecule has 1 aromatic carbocycles. The van der Waals surface area contributed by atoms with E-state index < -0.39 is 23.8 Å². The third-order valence-electron chi connectivity index (χ3n) is 2.06. The molecule has 1 atom stereocenters. The quantitative estimate of drug-likeness (QED) is 0.739. The molecule has 1 aromatic rings. The maximum Gasteiger partial charge on any atom is 0.318 e. The summed E-state index contributed by atoms with van der Waals surface area (Å²) in [5, 5.41) is 4.70. The summed E-state index contributed by atoms with van der Waals surface area (Å²) in [7, 11) is 0. The van der Waals surface area contributed by atoms with Crippen LogP contribution in [0.1, 0.15) is 12.5 Å². The van der Waals surface area contributed by atoms with Crippen LogP contribution in [-0.4, -0.2) is 18.0 Å². The lowest BCUT2D eigenvalue weighted by molar-refractivity contribution is -0.120. The molecule has 0 fully saturated rings. The van der Waals surface area contributed by atoms with E-state index in [-0.39, 0.29) is 0 Å². The Balaban J connectivity index is 2.70. The number of primary amides is 1. The Morgan fingerprint density at radius 3 is 2.53 bits per heavy atom. The maximum atomic E-state index is 13.1. The van der Waals surface area contributed by atoms with Gasteiger partial charge < -0.3 is 11.1 Å². The van der Waals surface area contributed by atoms with Gasteiger partial charge in [0.25, 0.3) is 0 Å². The van der Waals surface area contributed by atoms with Crippen LogP contribution in [0.25, 0.3) is 0 Å². The van der Waals surface area contributed by atoms with Crippen LogP contribution in [0.5, 0.6) is 0 Å². The predicted molar refractivity (Wildman–Crippen MR) is 61.9 cm³/mol. The zero-order valence-corrected chi connectivity index (χ0v) is 9.58. The second kappa shape index (κ2) is 5.29. The normalized spacial score (nSPS) is 11.7. The van der Waals surface area contributed by atoms with Gasteiger partial charge in [0.05, 0.1) is 0 Å². The molecule has 0 aliphatic carbocycles. The van der Waals surface area contributed by atoms with Crippen molar-refractivity contribution in [2.24, 2.45) is 5.73 Å². The van der Waals surface area contributed by atoms with Crippen LogP contribution in [0.15, 0.2) is 18.2 Å². The van der Waals surface area contributed by atoms with E-state index in [4.69, 9.17) is 5.73 Å². The topological polar surface area (TPSA) is 84.2 Å². The molecule has 0 aliphatic rings.